The second-order valence-electron chi connectivity index (χ2n) is 3.37. The Morgan fingerprint density at radius 1 is 1.42 bits per heavy atom. The van der Waals surface area contributed by atoms with Crippen molar-refractivity contribution in [2.45, 2.75) is 25.8 Å². The van der Waals surface area contributed by atoms with Crippen molar-refractivity contribution in [2.75, 3.05) is 0 Å². The predicted molar refractivity (Wildman–Crippen MR) is 53.1 cm³/mol. The van der Waals surface area contributed by atoms with Crippen LogP contribution in [0.2, 0.25) is 0 Å². The van der Waals surface area contributed by atoms with Gasteiger partial charge in [0.25, 0.3) is 6.43 Å². The molecular weight excluding hydrogens is 273 g/mol. The number of nitriles is 1. The van der Waals surface area contributed by atoms with Crippen molar-refractivity contribution in [3.8, 4) is 11.9 Å². The number of ether oxygens (including phenoxy) is 1. The van der Waals surface area contributed by atoms with Crippen molar-refractivity contribution >= 4 is 0 Å². The van der Waals surface area contributed by atoms with E-state index in [9.17, 15) is 22.0 Å². The molecule has 1 aromatic heterocycles. The highest BCUT2D eigenvalue weighted by atomic mass is 19.4. The lowest BCUT2D eigenvalue weighted by Crippen LogP contribution is -2.19. The van der Waals surface area contributed by atoms with Crippen LogP contribution in [0.4, 0.5) is 22.0 Å². The maximum absolute atomic E-state index is 12.7. The fraction of sp³-hybridized carbons (Fsp3) is 0.400. The van der Waals surface area contributed by atoms with Crippen LogP contribution in [0.15, 0.2) is 6.07 Å². The Hall–Kier alpha value is -1.95. The summed E-state index contributed by atoms with van der Waals surface area (Å²) in [6.45, 7) is -0.365. The number of rotatable bonds is 4. The van der Waals surface area contributed by atoms with Crippen LogP contribution >= 0.6 is 0 Å². The Bertz CT molecular complexity index is 495. The summed E-state index contributed by atoms with van der Waals surface area (Å²) < 4.78 is 65.0. The van der Waals surface area contributed by atoms with E-state index in [0.717, 1.165) is 6.07 Å². The van der Waals surface area contributed by atoms with Gasteiger partial charge in [0.05, 0.1) is 12.5 Å². The molecule has 104 valence electrons. The molecule has 1 rings (SSSR count). The Balaban J connectivity index is 3.33. The van der Waals surface area contributed by atoms with Crippen molar-refractivity contribution in [1.82, 2.24) is 4.98 Å². The molecule has 0 saturated carbocycles. The largest absolute Gasteiger partial charge is 0.574 e. The first-order chi connectivity index (χ1) is 8.78. The van der Waals surface area contributed by atoms with Gasteiger partial charge in [0.1, 0.15) is 5.69 Å². The Labute approximate surface area is 104 Å². The van der Waals surface area contributed by atoms with Gasteiger partial charge in [-0.15, -0.1) is 13.2 Å². The highest BCUT2D eigenvalue weighted by molar-refractivity contribution is 5.37. The topological polar surface area (TPSA) is 71.9 Å². The van der Waals surface area contributed by atoms with Crippen molar-refractivity contribution < 1.29 is 26.7 Å². The van der Waals surface area contributed by atoms with Crippen LogP contribution in [-0.2, 0) is 13.0 Å². The molecule has 1 heterocycles. The van der Waals surface area contributed by atoms with E-state index in [4.69, 9.17) is 11.0 Å². The van der Waals surface area contributed by atoms with Crippen molar-refractivity contribution in [2.24, 2.45) is 5.73 Å². The predicted octanol–water partition coefficient (Wildman–Crippen LogP) is 2.44. The SMILES string of the molecule is N#CCc1cc(OC(F)(F)F)nc(C(F)F)c1CN. The zero-order chi connectivity index (χ0) is 14.6. The molecule has 0 saturated heterocycles. The van der Waals surface area contributed by atoms with E-state index in [-0.39, 0.29) is 24.1 Å². The van der Waals surface area contributed by atoms with Gasteiger partial charge in [-0.3, -0.25) is 0 Å². The molecule has 0 amide bonds. The molecule has 1 aromatic rings. The van der Waals surface area contributed by atoms with E-state index in [1.54, 1.807) is 6.07 Å². The number of halogens is 5. The minimum absolute atomic E-state index is 0.0606. The number of hydrogen-bond acceptors (Lipinski definition) is 4. The standard InChI is InChI=1S/C10H8F5N3O/c11-9(12)8-6(4-17)5(1-2-16)3-7(18-8)19-10(13,14)15/h3,9H,1,4,17H2. The second kappa shape index (κ2) is 5.79. The van der Waals surface area contributed by atoms with Crippen molar-refractivity contribution in [3.63, 3.8) is 0 Å². The summed E-state index contributed by atoms with van der Waals surface area (Å²) in [5.41, 5.74) is 4.14. The van der Waals surface area contributed by atoms with Gasteiger partial charge in [0.2, 0.25) is 5.88 Å². The first-order valence-electron chi connectivity index (χ1n) is 4.92. The van der Waals surface area contributed by atoms with Crippen molar-refractivity contribution in [3.05, 3.63) is 22.9 Å². The van der Waals surface area contributed by atoms with Gasteiger partial charge in [0, 0.05) is 12.6 Å². The zero-order valence-electron chi connectivity index (χ0n) is 9.34. The average Bonchev–Trinajstić information content (AvgIpc) is 2.26. The van der Waals surface area contributed by atoms with Gasteiger partial charge in [-0.05, 0) is 11.1 Å². The summed E-state index contributed by atoms with van der Waals surface area (Å²) >= 11 is 0. The third kappa shape index (κ3) is 4.03. The lowest BCUT2D eigenvalue weighted by molar-refractivity contribution is -0.276. The lowest BCUT2D eigenvalue weighted by Gasteiger charge is -2.14. The number of alkyl halides is 5. The fourth-order valence-corrected chi connectivity index (χ4v) is 1.45. The molecule has 4 nitrogen and oxygen atoms in total. The van der Waals surface area contributed by atoms with Crippen LogP contribution in [0.25, 0.3) is 0 Å². The Kier molecular flexibility index (Phi) is 4.61. The first kappa shape index (κ1) is 15.1. The Morgan fingerprint density at radius 3 is 2.47 bits per heavy atom. The van der Waals surface area contributed by atoms with E-state index in [1.165, 1.54) is 0 Å². The molecule has 0 aliphatic rings. The van der Waals surface area contributed by atoms with Crippen molar-refractivity contribution in [1.29, 1.82) is 5.26 Å². The van der Waals surface area contributed by atoms with Gasteiger partial charge in [-0.1, -0.05) is 0 Å². The fourth-order valence-electron chi connectivity index (χ4n) is 1.45. The van der Waals surface area contributed by atoms with Crippen LogP contribution in [0.5, 0.6) is 5.88 Å². The molecule has 9 heteroatoms. The second-order valence-corrected chi connectivity index (χ2v) is 3.37. The molecule has 19 heavy (non-hydrogen) atoms. The number of nitrogens with zero attached hydrogens (tertiary/aromatic N) is 2. The summed E-state index contributed by atoms with van der Waals surface area (Å²) in [7, 11) is 0. The smallest absolute Gasteiger partial charge is 0.388 e. The summed E-state index contributed by atoms with van der Waals surface area (Å²) in [5.74, 6) is -1.04. The molecule has 0 spiro atoms. The van der Waals surface area contributed by atoms with Gasteiger partial charge >= 0.3 is 6.36 Å². The highest BCUT2D eigenvalue weighted by Crippen LogP contribution is 2.29. The quantitative estimate of drug-likeness (QED) is 0.860. The molecule has 0 atom stereocenters. The molecule has 0 radical (unpaired) electrons. The number of nitrogens with two attached hydrogens (primary N) is 1. The minimum Gasteiger partial charge on any atom is -0.388 e. The average molecular weight is 281 g/mol. The molecule has 0 aromatic carbocycles. The summed E-state index contributed by atoms with van der Waals surface area (Å²) in [6.07, 6.45) is -8.54. The highest BCUT2D eigenvalue weighted by Gasteiger charge is 2.33. The molecule has 2 N–H and O–H groups in total. The summed E-state index contributed by atoms with van der Waals surface area (Å²) in [6, 6.07) is 2.43. The number of hydrogen-bond donors (Lipinski definition) is 1. The molecule has 0 unspecified atom stereocenters. The van der Waals surface area contributed by atoms with Crippen LogP contribution in [-0.4, -0.2) is 11.3 Å². The van der Waals surface area contributed by atoms with E-state index in [2.05, 4.69) is 9.72 Å². The molecule has 0 aliphatic heterocycles. The summed E-state index contributed by atoms with van der Waals surface area (Å²) in [4.78, 5) is 3.09. The molecule has 0 aliphatic carbocycles. The minimum atomic E-state index is -5.06. The van der Waals surface area contributed by atoms with E-state index in [0.29, 0.717) is 0 Å². The number of pyridine rings is 1. The van der Waals surface area contributed by atoms with Crippen LogP contribution in [0.1, 0.15) is 23.2 Å². The monoisotopic (exact) mass is 281 g/mol. The van der Waals surface area contributed by atoms with E-state index < -0.39 is 24.4 Å². The number of aromatic nitrogens is 1. The Morgan fingerprint density at radius 2 is 2.05 bits per heavy atom. The van der Waals surface area contributed by atoms with Gasteiger partial charge in [-0.25, -0.2) is 13.8 Å². The van der Waals surface area contributed by atoms with Gasteiger partial charge in [0.15, 0.2) is 0 Å². The van der Waals surface area contributed by atoms with Crippen LogP contribution in [0.3, 0.4) is 0 Å². The van der Waals surface area contributed by atoms with Crippen LogP contribution < -0.4 is 10.5 Å². The third-order valence-electron chi connectivity index (χ3n) is 2.13. The molecular formula is C10H8F5N3O. The first-order valence-corrected chi connectivity index (χ1v) is 4.92. The van der Waals surface area contributed by atoms with E-state index >= 15 is 0 Å². The van der Waals surface area contributed by atoms with Gasteiger partial charge < -0.3 is 10.5 Å². The zero-order valence-corrected chi connectivity index (χ0v) is 9.34. The molecule has 0 bridgehead atoms. The third-order valence-corrected chi connectivity index (χ3v) is 2.13. The maximum Gasteiger partial charge on any atom is 0.574 e. The normalized spacial score (nSPS) is 11.5. The lowest BCUT2D eigenvalue weighted by atomic mass is 10.0. The van der Waals surface area contributed by atoms with E-state index in [1.807, 2.05) is 0 Å². The summed E-state index contributed by atoms with van der Waals surface area (Å²) in [5, 5.41) is 8.53. The van der Waals surface area contributed by atoms with Crippen LogP contribution in [0, 0.1) is 11.3 Å². The molecule has 0 fully saturated rings. The maximum atomic E-state index is 12.7. The van der Waals surface area contributed by atoms with Gasteiger partial charge in [-0.2, -0.15) is 5.26 Å².